The Balaban J connectivity index is 0.851. The number of likely N-dealkylation sites (N-methyl/N-ethyl adjacent to an activating group) is 1. The lowest BCUT2D eigenvalue weighted by Crippen LogP contribution is -2.59. The summed E-state index contributed by atoms with van der Waals surface area (Å²) in [6.45, 7) is 17.8. The number of ether oxygens (including phenoxy) is 3. The molecule has 0 unspecified atom stereocenters. The van der Waals surface area contributed by atoms with E-state index in [4.69, 9.17) is 19.2 Å². The molecule has 5 aromatic rings. The van der Waals surface area contributed by atoms with E-state index in [2.05, 4.69) is 53.1 Å². The Morgan fingerprint density at radius 2 is 1.63 bits per heavy atom. The molecule has 0 radical (unpaired) electrons. The van der Waals surface area contributed by atoms with Crippen molar-refractivity contribution in [2.75, 3.05) is 43.5 Å². The van der Waals surface area contributed by atoms with Crippen LogP contribution in [0, 0.1) is 25.7 Å². The average Bonchev–Trinajstić information content (AvgIpc) is 3.00. The van der Waals surface area contributed by atoms with Gasteiger partial charge in [0.2, 0.25) is 17.7 Å². The summed E-state index contributed by atoms with van der Waals surface area (Å²) in [5.74, 6) is 1.68. The number of nitrogens with one attached hydrogen (secondary N) is 4. The van der Waals surface area contributed by atoms with E-state index in [1.165, 1.54) is 23.8 Å². The molecule has 0 bridgehead atoms. The molecule has 20 nitrogen and oxygen atoms in total. The zero-order valence-electron chi connectivity index (χ0n) is 49.3. The van der Waals surface area contributed by atoms with E-state index >= 15 is 4.79 Å². The molecule has 4 N–H and O–H groups in total. The summed E-state index contributed by atoms with van der Waals surface area (Å²) >= 11 is 0. The lowest BCUT2D eigenvalue weighted by Gasteiger charge is -2.36. The number of aromatic nitrogens is 5. The van der Waals surface area contributed by atoms with Crippen LogP contribution in [0.2, 0.25) is 0 Å². The van der Waals surface area contributed by atoms with Gasteiger partial charge in [-0.25, -0.2) is 28.2 Å². The minimum atomic E-state index is -3.85. The number of benzene rings is 2. The molecule has 2 aliphatic heterocycles. The monoisotopic (exact) mass is 1150 g/mol. The predicted octanol–water partition coefficient (Wildman–Crippen LogP) is 9.23. The van der Waals surface area contributed by atoms with E-state index < -0.39 is 56.4 Å². The number of carbonyl (C=O) groups is 4. The third-order valence-electron chi connectivity index (χ3n) is 16.9. The lowest BCUT2D eigenvalue weighted by atomic mass is 9.83. The molecule has 3 fully saturated rings. The molecule has 442 valence electrons. The number of anilines is 3. The third kappa shape index (κ3) is 13.6. The molecule has 9 rings (SSSR count). The first-order valence-electron chi connectivity index (χ1n) is 29.2. The highest BCUT2D eigenvalue weighted by molar-refractivity contribution is 7.92. The van der Waals surface area contributed by atoms with Gasteiger partial charge in [-0.3, -0.25) is 24.4 Å². The van der Waals surface area contributed by atoms with E-state index in [1.54, 1.807) is 71.7 Å². The number of pyridine rings is 1. The van der Waals surface area contributed by atoms with Crippen molar-refractivity contribution in [3.63, 3.8) is 0 Å². The Morgan fingerprint density at radius 3 is 2.32 bits per heavy atom. The number of likely N-dealkylation sites (tertiary alicyclic amines) is 1. The highest BCUT2D eigenvalue weighted by atomic mass is 32.2. The number of rotatable bonds is 17. The van der Waals surface area contributed by atoms with E-state index in [0.717, 1.165) is 106 Å². The van der Waals surface area contributed by atoms with Crippen molar-refractivity contribution in [2.45, 2.75) is 185 Å². The fourth-order valence-corrected chi connectivity index (χ4v) is 13.0. The van der Waals surface area contributed by atoms with Crippen LogP contribution in [0.1, 0.15) is 148 Å². The third-order valence-corrected chi connectivity index (χ3v) is 19.4. The number of nitrogens with zero attached hydrogens (tertiary/aromatic N) is 7. The van der Waals surface area contributed by atoms with Crippen LogP contribution in [0.3, 0.4) is 0 Å². The van der Waals surface area contributed by atoms with Gasteiger partial charge in [0, 0.05) is 49.3 Å². The molecular weight excluding hydrogens is 1060 g/mol. The Morgan fingerprint density at radius 1 is 0.890 bits per heavy atom. The maximum atomic E-state index is 15.2. The maximum absolute atomic E-state index is 15.2. The number of piperidine rings is 1. The van der Waals surface area contributed by atoms with E-state index in [0.29, 0.717) is 40.8 Å². The first kappa shape index (κ1) is 59.6. The molecule has 1 saturated carbocycles. The Bertz CT molecular complexity index is 3220. The second-order valence-corrected chi connectivity index (χ2v) is 27.5. The Hall–Kier alpha value is -7.03. The first-order valence-corrected chi connectivity index (χ1v) is 30.7. The zero-order valence-corrected chi connectivity index (χ0v) is 50.2. The summed E-state index contributed by atoms with van der Waals surface area (Å²) in [6.07, 6.45) is 11.6. The molecule has 5 heterocycles. The highest BCUT2D eigenvalue weighted by Crippen LogP contribution is 2.39. The normalized spacial score (nSPS) is 19.9. The van der Waals surface area contributed by atoms with Crippen LogP contribution < -0.4 is 30.3 Å². The van der Waals surface area contributed by atoms with Gasteiger partial charge in [0.1, 0.15) is 64.2 Å². The van der Waals surface area contributed by atoms with Gasteiger partial charge in [-0.05, 0) is 155 Å². The topological polar surface area (TPSA) is 243 Å². The fraction of sp³-hybridized carbons (Fsp3) is 0.574. The van der Waals surface area contributed by atoms with Crippen molar-refractivity contribution in [3.8, 4) is 11.5 Å². The van der Waals surface area contributed by atoms with Crippen molar-refractivity contribution in [1.29, 1.82) is 0 Å². The zero-order chi connectivity index (χ0) is 58.7. The standard InChI is InChI=1S/C61H83N11O9S/c1-37-38(2)68-69-54(37)67-55-46-32-51(82(77,78)61(7,8)9)50(33-48(46)63-36-64-55)79-30-27-40-25-28-71(29-26-40)52-24-23-43(34-62-52)80-44-31-49(57(74)65-47-22-16-20-41-17-14-15-21-45(41)47)72(35-44)58(75)53(42-18-12-11-13-19-42)66-56(73)39(3)70(10)59(76)81-60(4,5)6/h14-15,17,21,23-24,32-34,36,39-40,42,44,47,49,53H,11-13,16,18-20,22,25-31,35H2,1-10H3,(H,65,74)(H,66,73)(H2,63,64,67,68,69)/t39-,44-,47+,49-,53-/m0/s1. The molecular formula is C61H83N11O9S. The van der Waals surface area contributed by atoms with Crippen LogP contribution in [0.15, 0.2) is 66.0 Å². The van der Waals surface area contributed by atoms with E-state index in [-0.39, 0.29) is 47.4 Å². The minimum absolute atomic E-state index is 0.0837. The maximum Gasteiger partial charge on any atom is 0.410 e. The number of aromatic amines is 1. The van der Waals surface area contributed by atoms with Crippen molar-refractivity contribution in [2.24, 2.45) is 11.8 Å². The van der Waals surface area contributed by atoms with Gasteiger partial charge in [0.25, 0.3) is 0 Å². The average molecular weight is 1150 g/mol. The van der Waals surface area contributed by atoms with Crippen LogP contribution >= 0.6 is 0 Å². The summed E-state index contributed by atoms with van der Waals surface area (Å²) in [7, 11) is -2.34. The van der Waals surface area contributed by atoms with Crippen LogP contribution in [0.4, 0.5) is 22.2 Å². The van der Waals surface area contributed by atoms with Crippen molar-refractivity contribution < 1.29 is 41.8 Å². The number of hydrogen-bond acceptors (Lipinski definition) is 15. The summed E-state index contributed by atoms with van der Waals surface area (Å²) in [6, 6.07) is 12.3. The van der Waals surface area contributed by atoms with Crippen molar-refractivity contribution in [1.82, 2.24) is 45.6 Å². The second-order valence-electron chi connectivity index (χ2n) is 24.8. The molecule has 0 spiro atoms. The van der Waals surface area contributed by atoms with Gasteiger partial charge in [-0.1, -0.05) is 43.5 Å². The van der Waals surface area contributed by atoms with E-state index in [1.807, 2.05) is 38.1 Å². The Labute approximate surface area is 482 Å². The van der Waals surface area contributed by atoms with Gasteiger partial charge in [-0.2, -0.15) is 5.10 Å². The second kappa shape index (κ2) is 24.8. The number of hydrogen-bond donors (Lipinski definition) is 4. The smallest absolute Gasteiger partial charge is 0.410 e. The molecule has 2 saturated heterocycles. The van der Waals surface area contributed by atoms with Crippen molar-refractivity contribution >= 4 is 62.0 Å². The summed E-state index contributed by atoms with van der Waals surface area (Å²) in [5, 5.41) is 17.5. The predicted molar refractivity (Wildman–Crippen MR) is 314 cm³/mol. The summed E-state index contributed by atoms with van der Waals surface area (Å²) in [5.41, 5.74) is 3.89. The minimum Gasteiger partial charge on any atom is -0.492 e. The van der Waals surface area contributed by atoms with Crippen LogP contribution in [-0.4, -0.2) is 135 Å². The Kier molecular flexibility index (Phi) is 18.0. The molecule has 4 aliphatic rings. The molecule has 3 aromatic heterocycles. The van der Waals surface area contributed by atoms with E-state index in [9.17, 15) is 22.8 Å². The number of H-pyrrole nitrogens is 1. The van der Waals surface area contributed by atoms with Gasteiger partial charge in [0.15, 0.2) is 15.7 Å². The number of sulfone groups is 1. The quantitative estimate of drug-likeness (QED) is 0.0678. The number of carbonyl (C=O) groups excluding carboxylic acids is 4. The summed E-state index contributed by atoms with van der Waals surface area (Å²) in [4.78, 5) is 75.8. The largest absolute Gasteiger partial charge is 0.492 e. The SMILES string of the molecule is Cc1[nH]nc(Nc2ncnc3cc(OCCC4CCN(c5ccc(O[C@H]6C[C@@H](C(=O)N[C@@H]7CCCc8ccccc87)N(C(=O)[C@@H](NC(=O)[C@H](C)N(C)C(=O)OC(C)(C)C)C7CCCCC7)C6)cn5)CC4)c(S(=O)(=O)C(C)(C)C)cc23)c1C. The number of aryl methyl sites for hydroxylation is 2. The fourth-order valence-electron chi connectivity index (χ4n) is 11.7. The van der Waals surface area contributed by atoms with Crippen LogP contribution in [0.5, 0.6) is 11.5 Å². The van der Waals surface area contributed by atoms with Gasteiger partial charge >= 0.3 is 6.09 Å². The first-order chi connectivity index (χ1) is 38.9. The number of amides is 4. The van der Waals surface area contributed by atoms with Crippen molar-refractivity contribution in [3.05, 3.63) is 83.4 Å². The molecule has 2 aliphatic carbocycles. The summed E-state index contributed by atoms with van der Waals surface area (Å²) < 4.78 is 45.6. The number of fused-ring (bicyclic) bond motifs is 2. The molecule has 5 atom stereocenters. The van der Waals surface area contributed by atoms with Gasteiger partial charge in [-0.15, -0.1) is 0 Å². The van der Waals surface area contributed by atoms with Crippen LogP contribution in [0.25, 0.3) is 10.9 Å². The molecule has 4 amide bonds. The molecule has 21 heteroatoms. The lowest BCUT2D eigenvalue weighted by molar-refractivity contribution is -0.143. The molecule has 82 heavy (non-hydrogen) atoms. The van der Waals surface area contributed by atoms with Gasteiger partial charge in [0.05, 0.1) is 35.7 Å². The van der Waals surface area contributed by atoms with Crippen LogP contribution in [-0.2, 0) is 35.4 Å². The van der Waals surface area contributed by atoms with Gasteiger partial charge < -0.3 is 40.0 Å². The molecule has 2 aromatic carbocycles. The highest BCUT2D eigenvalue weighted by Gasteiger charge is 2.46.